The molecule has 0 nitrogen and oxygen atoms in total. The summed E-state index contributed by atoms with van der Waals surface area (Å²) in [6, 6.07) is 0. The van der Waals surface area contributed by atoms with Gasteiger partial charge in [0.25, 0.3) is 0 Å². The van der Waals surface area contributed by atoms with Gasteiger partial charge in [-0.25, -0.2) is 0 Å². The summed E-state index contributed by atoms with van der Waals surface area (Å²) >= 11 is 14.4. The molecule has 4 heteroatoms. The maximum atomic E-state index is 4.81. The molecule has 0 aliphatic heterocycles. The molecule has 0 saturated heterocycles. The Morgan fingerprint density at radius 1 is 1.00 bits per heavy atom. The van der Waals surface area contributed by atoms with E-state index in [0.29, 0.717) is 0 Å². The van der Waals surface area contributed by atoms with Gasteiger partial charge >= 0.3 is 0 Å². The van der Waals surface area contributed by atoms with E-state index in [1.165, 1.54) is 0 Å². The molecular weight excluding hydrogens is 146 g/mol. The third kappa shape index (κ3) is 41.0. The Hall–Kier alpha value is 1.09. The molecule has 5 heavy (non-hydrogen) atoms. The summed E-state index contributed by atoms with van der Waals surface area (Å²) in [5.74, 6) is 0. The summed E-state index contributed by atoms with van der Waals surface area (Å²) in [6.07, 6.45) is 0. The van der Waals surface area contributed by atoms with Crippen LogP contribution in [0.3, 0.4) is 0 Å². The highest BCUT2D eigenvalue weighted by Gasteiger charge is 1.78. The highest BCUT2D eigenvalue weighted by atomic mass is 35.6. The third-order valence-corrected chi connectivity index (χ3v) is 0. The highest BCUT2D eigenvalue weighted by molar-refractivity contribution is 6.63. The molecule has 0 heterocycles. The van der Waals surface area contributed by atoms with Crippen LogP contribution >= 0.6 is 34.8 Å². The molecule has 0 aromatic rings. The van der Waals surface area contributed by atoms with Gasteiger partial charge in [0.1, 0.15) is 0 Å². The van der Waals surface area contributed by atoms with Gasteiger partial charge in [-0.05, 0) is 0 Å². The summed E-state index contributed by atoms with van der Waals surface area (Å²) < 4.78 is -0.750. The zero-order valence-electron chi connectivity index (χ0n) is 2.21. The van der Waals surface area contributed by atoms with E-state index in [-0.39, 0.29) is 11.0 Å². The van der Waals surface area contributed by atoms with Crippen LogP contribution in [0.1, 0.15) is 0 Å². The van der Waals surface area contributed by atoms with Gasteiger partial charge in [0.2, 0.25) is 0 Å². The Bertz CT molecular complexity index is 11.6. The fourth-order valence-corrected chi connectivity index (χ4v) is 0. The van der Waals surface area contributed by atoms with Gasteiger partial charge in [-0.1, -0.05) is 34.8 Å². The van der Waals surface area contributed by atoms with Crippen LogP contribution in [-0.2, 0) is 0 Å². The minimum absolute atomic E-state index is 0. The molecule has 0 N–H and O–H groups in total. The zero-order valence-corrected chi connectivity index (χ0v) is 5.48. The van der Waals surface area contributed by atoms with Crippen molar-refractivity contribution in [3.63, 3.8) is 0 Å². The second-order valence-electron chi connectivity index (χ2n) is 0.247. The third-order valence-electron chi connectivity index (χ3n) is 0. The van der Waals surface area contributed by atoms with Crippen molar-refractivity contribution in [1.82, 2.24) is 0 Å². The van der Waals surface area contributed by atoms with Crippen LogP contribution in [0, 0.1) is 0 Å². The number of hydrogen-bond acceptors (Lipinski definition) is 0. The lowest BCUT2D eigenvalue weighted by molar-refractivity contribution is 1.96. The quantitative estimate of drug-likeness (QED) is 0.361. The summed E-state index contributed by atoms with van der Waals surface area (Å²) in [7, 11) is 0. The summed E-state index contributed by atoms with van der Waals surface area (Å²) in [4.78, 5) is 0. The molecule has 30 valence electrons. The molecule has 0 atom stereocenters. The maximum absolute atomic E-state index is 4.81. The summed E-state index contributed by atoms with van der Waals surface area (Å²) in [5.41, 5.74) is 0. The second-order valence-corrected chi connectivity index (χ2v) is 2.23. The molecule has 4 radical (unpaired) electrons. The number of rotatable bonds is 0. The van der Waals surface area contributed by atoms with E-state index < -0.39 is 4.30 Å². The SMILES string of the molecule is ClC(Cl)Cl.[Si]. The van der Waals surface area contributed by atoms with Gasteiger partial charge in [0.05, 0.1) is 0 Å². The molecule has 0 aliphatic rings. The van der Waals surface area contributed by atoms with Crippen molar-refractivity contribution in [1.29, 1.82) is 0 Å². The van der Waals surface area contributed by atoms with Gasteiger partial charge in [0, 0.05) is 11.0 Å². The average molecular weight is 147 g/mol. The lowest BCUT2D eigenvalue weighted by Crippen LogP contribution is -1.55. The molecule has 0 aromatic carbocycles. The van der Waals surface area contributed by atoms with Crippen molar-refractivity contribution >= 4 is 45.8 Å². The van der Waals surface area contributed by atoms with Crippen LogP contribution in [0.4, 0.5) is 0 Å². The van der Waals surface area contributed by atoms with Crippen LogP contribution in [0.25, 0.3) is 0 Å². The molecule has 0 rings (SSSR count). The number of halogens is 3. The maximum Gasteiger partial charge on any atom is 0.180 e. The van der Waals surface area contributed by atoms with Gasteiger partial charge in [-0.15, -0.1) is 0 Å². The first-order valence-electron chi connectivity index (χ1n) is 0.655. The van der Waals surface area contributed by atoms with Crippen molar-refractivity contribution in [2.75, 3.05) is 0 Å². The fraction of sp³-hybridized carbons (Fsp3) is 1.00. The first-order chi connectivity index (χ1) is 1.73. The van der Waals surface area contributed by atoms with Crippen molar-refractivity contribution in [2.24, 2.45) is 0 Å². The summed E-state index contributed by atoms with van der Waals surface area (Å²) in [6.45, 7) is 0. The van der Waals surface area contributed by atoms with Crippen molar-refractivity contribution < 1.29 is 0 Å². The smallest absolute Gasteiger partial charge is 0.0874 e. The van der Waals surface area contributed by atoms with E-state index >= 15 is 0 Å². The lowest BCUT2D eigenvalue weighted by Gasteiger charge is -1.69. The van der Waals surface area contributed by atoms with Crippen LogP contribution in [0.15, 0.2) is 0 Å². The van der Waals surface area contributed by atoms with Crippen molar-refractivity contribution in [3.8, 4) is 0 Å². The number of hydrogen-bond donors (Lipinski definition) is 0. The Kier molecular flexibility index (Phi) is 9.59. The molecule has 0 fully saturated rings. The van der Waals surface area contributed by atoms with Crippen LogP contribution in [0.2, 0.25) is 0 Å². The summed E-state index contributed by atoms with van der Waals surface area (Å²) in [5, 5.41) is 0. The minimum Gasteiger partial charge on any atom is -0.0874 e. The predicted molar refractivity (Wildman–Crippen MR) is 27.1 cm³/mol. The molecule has 0 aromatic heterocycles. The van der Waals surface area contributed by atoms with E-state index in [4.69, 9.17) is 34.8 Å². The average Bonchev–Trinajstić information content (AvgIpc) is 0.811. The Labute approximate surface area is 50.4 Å². The molecular formula is CHCl3Si. The van der Waals surface area contributed by atoms with E-state index in [1.807, 2.05) is 0 Å². The molecule has 0 bridgehead atoms. The van der Waals surface area contributed by atoms with Crippen molar-refractivity contribution in [2.45, 2.75) is 4.30 Å². The monoisotopic (exact) mass is 146 g/mol. The Morgan fingerprint density at radius 2 is 1.00 bits per heavy atom. The molecule has 0 spiro atoms. The topological polar surface area (TPSA) is 0 Å². The van der Waals surface area contributed by atoms with Crippen LogP contribution in [-0.4, -0.2) is 15.3 Å². The van der Waals surface area contributed by atoms with E-state index in [0.717, 1.165) is 0 Å². The fourth-order valence-electron chi connectivity index (χ4n) is 0. The van der Waals surface area contributed by atoms with Gasteiger partial charge in [-0.3, -0.25) is 0 Å². The molecule has 0 saturated carbocycles. The standard InChI is InChI=1S/CHCl3.Si/c2-1(3)4;/h1H;. The van der Waals surface area contributed by atoms with Crippen molar-refractivity contribution in [3.05, 3.63) is 0 Å². The van der Waals surface area contributed by atoms with E-state index in [2.05, 4.69) is 0 Å². The molecule has 0 unspecified atom stereocenters. The van der Waals surface area contributed by atoms with E-state index in [1.54, 1.807) is 0 Å². The normalized spacial score (nSPS) is 7.20. The van der Waals surface area contributed by atoms with Crippen LogP contribution < -0.4 is 0 Å². The Morgan fingerprint density at radius 3 is 1.00 bits per heavy atom. The lowest BCUT2D eigenvalue weighted by atomic mass is 11.9. The molecule has 0 aliphatic carbocycles. The predicted octanol–water partition coefficient (Wildman–Crippen LogP) is 1.61. The van der Waals surface area contributed by atoms with Gasteiger partial charge in [0.15, 0.2) is 4.30 Å². The largest absolute Gasteiger partial charge is 0.180 e. The second kappa shape index (κ2) is 5.09. The van der Waals surface area contributed by atoms with Crippen LogP contribution in [0.5, 0.6) is 0 Å². The minimum atomic E-state index is -0.750. The Balaban J connectivity index is 0. The van der Waals surface area contributed by atoms with E-state index in [9.17, 15) is 0 Å². The molecule has 0 amide bonds. The number of alkyl halides is 3. The van der Waals surface area contributed by atoms with Gasteiger partial charge < -0.3 is 0 Å². The van der Waals surface area contributed by atoms with Gasteiger partial charge in [-0.2, -0.15) is 0 Å². The first kappa shape index (κ1) is 9.43. The first-order valence-corrected chi connectivity index (χ1v) is 1.96. The highest BCUT2D eigenvalue weighted by Crippen LogP contribution is 2.03. The zero-order chi connectivity index (χ0) is 3.58.